The third-order valence-corrected chi connectivity index (χ3v) is 6.64. The molecule has 0 bridgehead atoms. The number of hydrogen-bond acceptors (Lipinski definition) is 5. The molecule has 1 saturated heterocycles. The minimum atomic E-state index is -4.59. The molecule has 0 radical (unpaired) electrons. The highest BCUT2D eigenvalue weighted by Gasteiger charge is 2.48. The molecular formula is C23H21ClF3N5O3. The van der Waals surface area contributed by atoms with E-state index in [0.717, 1.165) is 4.68 Å². The van der Waals surface area contributed by atoms with E-state index >= 15 is 0 Å². The number of carbonyl (C=O) groups excluding carboxylic acids is 2. The summed E-state index contributed by atoms with van der Waals surface area (Å²) in [7, 11) is 0. The van der Waals surface area contributed by atoms with E-state index in [1.807, 2.05) is 0 Å². The number of amides is 2. The Hall–Kier alpha value is -3.47. The zero-order chi connectivity index (χ0) is 24.7. The van der Waals surface area contributed by atoms with Gasteiger partial charge in [-0.25, -0.2) is 4.68 Å². The summed E-state index contributed by atoms with van der Waals surface area (Å²) in [5, 5.41) is 6.89. The zero-order valence-corrected chi connectivity index (χ0v) is 19.1. The first-order chi connectivity index (χ1) is 16.7. The fraction of sp³-hybridized carbons (Fsp3) is 0.348. The molecule has 2 aromatic heterocycles. The van der Waals surface area contributed by atoms with Gasteiger partial charge in [0, 0.05) is 32.6 Å². The summed E-state index contributed by atoms with van der Waals surface area (Å²) in [6.45, 7) is 0.866. The number of nitrogens with zero attached hydrogens (tertiary/aromatic N) is 4. The van der Waals surface area contributed by atoms with E-state index in [4.69, 9.17) is 16.0 Å². The number of rotatable bonds is 3. The second-order valence-corrected chi connectivity index (χ2v) is 8.80. The molecule has 1 aromatic carbocycles. The van der Waals surface area contributed by atoms with Crippen LogP contribution in [0.1, 0.15) is 45.1 Å². The molecule has 2 aliphatic rings. The van der Waals surface area contributed by atoms with Gasteiger partial charge in [-0.15, -0.1) is 0 Å². The predicted molar refractivity (Wildman–Crippen MR) is 120 cm³/mol. The molecule has 0 aliphatic carbocycles. The van der Waals surface area contributed by atoms with Gasteiger partial charge in [0.2, 0.25) is 0 Å². The Labute approximate surface area is 203 Å². The molecule has 2 unspecified atom stereocenters. The number of nitrogens with one attached hydrogen (secondary N) is 1. The lowest BCUT2D eigenvalue weighted by atomic mass is 9.97. The highest BCUT2D eigenvalue weighted by Crippen LogP contribution is 2.46. The van der Waals surface area contributed by atoms with Crippen LogP contribution in [-0.4, -0.2) is 63.7 Å². The number of fused-ring (bicyclic) bond motifs is 1. The van der Waals surface area contributed by atoms with Gasteiger partial charge in [-0.1, -0.05) is 41.9 Å². The summed E-state index contributed by atoms with van der Waals surface area (Å²) in [6, 6.07) is 9.33. The van der Waals surface area contributed by atoms with Crippen LogP contribution in [0.3, 0.4) is 0 Å². The van der Waals surface area contributed by atoms with Crippen LogP contribution in [0.15, 0.2) is 53.1 Å². The maximum absolute atomic E-state index is 14.0. The molecule has 2 aliphatic heterocycles. The first-order valence-corrected chi connectivity index (χ1v) is 11.4. The second-order valence-electron chi connectivity index (χ2n) is 8.42. The fourth-order valence-corrected chi connectivity index (χ4v) is 4.71. The molecule has 3 aromatic rings. The second kappa shape index (κ2) is 8.95. The summed E-state index contributed by atoms with van der Waals surface area (Å²) >= 11 is 6.43. The van der Waals surface area contributed by atoms with Crippen LogP contribution < -0.4 is 5.32 Å². The van der Waals surface area contributed by atoms with E-state index in [-0.39, 0.29) is 60.8 Å². The maximum Gasteiger partial charge on any atom is 0.410 e. The summed E-state index contributed by atoms with van der Waals surface area (Å²) in [5.41, 5.74) is 0.429. The molecule has 8 nitrogen and oxygen atoms in total. The van der Waals surface area contributed by atoms with E-state index in [9.17, 15) is 22.8 Å². The molecule has 35 heavy (non-hydrogen) atoms. The Morgan fingerprint density at radius 2 is 1.66 bits per heavy atom. The summed E-state index contributed by atoms with van der Waals surface area (Å²) in [6.07, 6.45) is -3.47. The number of piperazine rings is 1. The van der Waals surface area contributed by atoms with Gasteiger partial charge in [0.15, 0.2) is 17.5 Å². The number of furan rings is 1. The van der Waals surface area contributed by atoms with Crippen molar-refractivity contribution in [3.8, 4) is 0 Å². The number of hydrogen-bond donors (Lipinski definition) is 1. The fourth-order valence-electron chi connectivity index (χ4n) is 4.45. The average Bonchev–Trinajstić information content (AvgIpc) is 3.51. The Morgan fingerprint density at radius 1 is 1.00 bits per heavy atom. The van der Waals surface area contributed by atoms with E-state index < -0.39 is 24.2 Å². The molecule has 5 rings (SSSR count). The van der Waals surface area contributed by atoms with Crippen LogP contribution in [0.2, 0.25) is 5.02 Å². The average molecular weight is 508 g/mol. The molecule has 1 N–H and O–H groups in total. The van der Waals surface area contributed by atoms with E-state index in [0.29, 0.717) is 5.56 Å². The Kier molecular flexibility index (Phi) is 5.96. The SMILES string of the molecule is O=C(c1ccco1)N1CCN(C(=O)c2nn3c(c2Cl)NC(c2ccccc2)CC3C(F)(F)F)CC1. The van der Waals surface area contributed by atoms with Crippen LogP contribution in [0, 0.1) is 0 Å². The van der Waals surface area contributed by atoms with E-state index in [1.54, 1.807) is 47.4 Å². The summed E-state index contributed by atoms with van der Waals surface area (Å²) in [4.78, 5) is 28.6. The van der Waals surface area contributed by atoms with Crippen molar-refractivity contribution in [1.82, 2.24) is 19.6 Å². The molecule has 1 fully saturated rings. The predicted octanol–water partition coefficient (Wildman–Crippen LogP) is 4.39. The number of halogens is 4. The van der Waals surface area contributed by atoms with Gasteiger partial charge in [-0.2, -0.15) is 18.3 Å². The molecular weight excluding hydrogens is 487 g/mol. The van der Waals surface area contributed by atoms with Gasteiger partial charge in [-0.3, -0.25) is 9.59 Å². The quantitative estimate of drug-likeness (QED) is 0.568. The third kappa shape index (κ3) is 4.36. The van der Waals surface area contributed by atoms with Crippen LogP contribution in [0.5, 0.6) is 0 Å². The number of anilines is 1. The summed E-state index contributed by atoms with van der Waals surface area (Å²) < 4.78 is 47.8. The Bertz CT molecular complexity index is 1220. The largest absolute Gasteiger partial charge is 0.459 e. The van der Waals surface area contributed by atoms with E-state index in [2.05, 4.69) is 10.4 Å². The summed E-state index contributed by atoms with van der Waals surface area (Å²) in [5.74, 6) is -0.710. The van der Waals surface area contributed by atoms with Crippen molar-refractivity contribution in [2.75, 3.05) is 31.5 Å². The van der Waals surface area contributed by atoms with Gasteiger partial charge in [0.05, 0.1) is 12.3 Å². The highest BCUT2D eigenvalue weighted by atomic mass is 35.5. The van der Waals surface area contributed by atoms with Crippen molar-refractivity contribution in [3.05, 3.63) is 70.8 Å². The van der Waals surface area contributed by atoms with Crippen molar-refractivity contribution in [2.45, 2.75) is 24.7 Å². The lowest BCUT2D eigenvalue weighted by Gasteiger charge is -2.34. The highest BCUT2D eigenvalue weighted by molar-refractivity contribution is 6.36. The first-order valence-electron chi connectivity index (χ1n) is 11.0. The smallest absolute Gasteiger partial charge is 0.410 e. The van der Waals surface area contributed by atoms with Gasteiger partial charge < -0.3 is 19.5 Å². The standard InChI is InChI=1S/C23H21ClF3N5O3/c24-18-19(22(34)31-10-8-30(9-11-31)21(33)16-7-4-12-35-16)29-32-17(23(25,26)27)13-15(28-20(18)32)14-5-2-1-3-6-14/h1-7,12,15,17,28H,8-11,13H2. The van der Waals surface area contributed by atoms with Crippen molar-refractivity contribution in [2.24, 2.45) is 0 Å². The molecule has 184 valence electrons. The molecule has 4 heterocycles. The van der Waals surface area contributed by atoms with Gasteiger partial charge in [0.25, 0.3) is 11.8 Å². The third-order valence-electron chi connectivity index (χ3n) is 6.29. The topological polar surface area (TPSA) is 83.6 Å². The number of alkyl halides is 3. The molecule has 12 heteroatoms. The van der Waals surface area contributed by atoms with Crippen molar-refractivity contribution in [3.63, 3.8) is 0 Å². The number of aromatic nitrogens is 2. The lowest BCUT2D eigenvalue weighted by molar-refractivity contribution is -0.173. The molecule has 2 atom stereocenters. The van der Waals surface area contributed by atoms with Crippen molar-refractivity contribution >= 4 is 29.2 Å². The van der Waals surface area contributed by atoms with Crippen molar-refractivity contribution in [1.29, 1.82) is 0 Å². The molecule has 0 saturated carbocycles. The van der Waals surface area contributed by atoms with Gasteiger partial charge >= 0.3 is 6.18 Å². The van der Waals surface area contributed by atoms with Crippen LogP contribution >= 0.6 is 11.6 Å². The maximum atomic E-state index is 14.0. The molecule has 0 spiro atoms. The van der Waals surface area contributed by atoms with E-state index in [1.165, 1.54) is 11.2 Å². The Morgan fingerprint density at radius 3 is 2.26 bits per heavy atom. The van der Waals surface area contributed by atoms with Crippen LogP contribution in [-0.2, 0) is 0 Å². The monoisotopic (exact) mass is 507 g/mol. The van der Waals surface area contributed by atoms with Crippen LogP contribution in [0.4, 0.5) is 19.0 Å². The van der Waals surface area contributed by atoms with Gasteiger partial charge in [-0.05, 0) is 17.7 Å². The van der Waals surface area contributed by atoms with Crippen LogP contribution in [0.25, 0.3) is 0 Å². The number of benzene rings is 1. The van der Waals surface area contributed by atoms with Crippen molar-refractivity contribution < 1.29 is 27.2 Å². The minimum Gasteiger partial charge on any atom is -0.459 e. The number of carbonyl (C=O) groups is 2. The van der Waals surface area contributed by atoms with Gasteiger partial charge in [0.1, 0.15) is 10.8 Å². The first kappa shape index (κ1) is 23.3. The lowest BCUT2D eigenvalue weighted by Crippen LogP contribution is -2.50. The molecule has 2 amide bonds. The normalized spacial score (nSPS) is 20.3. The Balaban J connectivity index is 1.37. The minimum absolute atomic E-state index is 0.0379. The zero-order valence-electron chi connectivity index (χ0n) is 18.3.